The molecule has 51 heavy (non-hydrogen) atoms. The van der Waals surface area contributed by atoms with Gasteiger partial charge >= 0.3 is 0 Å². The molecule has 264 valence electrons. The van der Waals surface area contributed by atoms with Gasteiger partial charge in [-0.1, -0.05) is 0 Å². The summed E-state index contributed by atoms with van der Waals surface area (Å²) in [5.41, 5.74) is 6.17. The minimum Gasteiger partial charge on any atom is -0.493 e. The molecule has 4 heterocycles. The number of benzene rings is 2. The van der Waals surface area contributed by atoms with E-state index in [1.54, 1.807) is 32.0 Å². The predicted molar refractivity (Wildman–Crippen MR) is 193 cm³/mol. The minimum atomic E-state index is -0.541. The number of aromatic nitrogens is 4. The van der Waals surface area contributed by atoms with E-state index < -0.39 is 9.85 Å². The Labute approximate surface area is 301 Å². The van der Waals surface area contributed by atoms with Gasteiger partial charge in [-0.3, -0.25) is 34.4 Å². The highest BCUT2D eigenvalue weighted by Crippen LogP contribution is 2.42. The van der Waals surface area contributed by atoms with Crippen LogP contribution in [-0.2, 0) is 0 Å². The van der Waals surface area contributed by atoms with Gasteiger partial charge in [-0.2, -0.15) is 10.2 Å². The highest BCUT2D eigenvalue weighted by Gasteiger charge is 2.27. The molecule has 0 fully saturated rings. The number of nitrogens with zero attached hydrogens (tertiary/aromatic N) is 8. The van der Waals surface area contributed by atoms with E-state index in [2.05, 4.69) is 31.0 Å². The van der Waals surface area contributed by atoms with Crippen LogP contribution in [0.4, 0.5) is 11.4 Å². The third-order valence-corrected chi connectivity index (χ3v) is 8.75. The molecule has 0 aliphatic rings. The Hall–Kier alpha value is -6.32. The third kappa shape index (κ3) is 6.79. The Kier molecular flexibility index (Phi) is 10.6. The number of rotatable bonds is 12. The normalized spacial score (nSPS) is 11.2. The predicted octanol–water partition coefficient (Wildman–Crippen LogP) is 5.19. The number of halogens is 1. The summed E-state index contributed by atoms with van der Waals surface area (Å²) in [6, 6.07) is 5.46. The zero-order valence-electron chi connectivity index (χ0n) is 26.8. The third-order valence-electron chi connectivity index (χ3n) is 7.23. The van der Waals surface area contributed by atoms with Crippen LogP contribution in [0.15, 0.2) is 57.6 Å². The van der Waals surface area contributed by atoms with Crippen molar-refractivity contribution in [2.24, 2.45) is 10.2 Å². The topological polar surface area (TPSA) is 230 Å². The molecular weight excluding hydrogens is 730 g/mol. The number of fused-ring (bicyclic) bond motifs is 2. The van der Waals surface area contributed by atoms with Crippen LogP contribution in [0.3, 0.4) is 0 Å². The molecule has 0 amide bonds. The molecule has 0 saturated carbocycles. The summed E-state index contributed by atoms with van der Waals surface area (Å²) in [6.45, 7) is 0. The molecule has 0 unspecified atom stereocenters. The summed E-state index contributed by atoms with van der Waals surface area (Å²) in [6.07, 6.45) is 6.19. The van der Waals surface area contributed by atoms with Gasteiger partial charge in [0, 0.05) is 35.3 Å². The molecule has 0 saturated heterocycles. The fraction of sp³-hybridized carbons (Fsp3) is 0.138. The van der Waals surface area contributed by atoms with Crippen molar-refractivity contribution in [2.45, 2.75) is 0 Å². The molecular formula is C29H26ClN11O8S2. The molecule has 0 radical (unpaired) electrons. The number of nitro benzene ring substituents is 2. The van der Waals surface area contributed by atoms with E-state index >= 15 is 0 Å². The minimum absolute atomic E-state index is 0. The zero-order chi connectivity index (χ0) is 35.5. The van der Waals surface area contributed by atoms with E-state index in [0.29, 0.717) is 21.3 Å². The quantitative estimate of drug-likeness (QED) is 0.0634. The van der Waals surface area contributed by atoms with Gasteiger partial charge in [0.15, 0.2) is 32.9 Å². The van der Waals surface area contributed by atoms with Crippen molar-refractivity contribution < 1.29 is 28.8 Å². The van der Waals surface area contributed by atoms with Gasteiger partial charge in [0.05, 0.1) is 85.4 Å². The number of imidazole rings is 2. The average molecular weight is 756 g/mol. The van der Waals surface area contributed by atoms with Crippen molar-refractivity contribution in [1.29, 1.82) is 5.41 Å². The van der Waals surface area contributed by atoms with Crippen molar-refractivity contribution >= 4 is 74.8 Å². The van der Waals surface area contributed by atoms with Gasteiger partial charge in [-0.25, -0.2) is 20.8 Å². The van der Waals surface area contributed by atoms with Crippen molar-refractivity contribution in [3.8, 4) is 45.5 Å². The fourth-order valence-corrected chi connectivity index (χ4v) is 6.45. The maximum absolute atomic E-state index is 12.0. The van der Waals surface area contributed by atoms with Gasteiger partial charge in [0.1, 0.15) is 11.4 Å². The lowest BCUT2D eigenvalue weighted by molar-refractivity contribution is -0.384. The Morgan fingerprint density at radius 1 is 0.745 bits per heavy atom. The largest absolute Gasteiger partial charge is 0.493 e. The molecule has 2 aromatic carbocycles. The van der Waals surface area contributed by atoms with Crippen molar-refractivity contribution in [1.82, 2.24) is 29.6 Å². The summed E-state index contributed by atoms with van der Waals surface area (Å²) < 4.78 is 24.6. The first-order chi connectivity index (χ1) is 24.2. The first-order valence-electron chi connectivity index (χ1n) is 14.1. The average Bonchev–Trinajstić information content (AvgIpc) is 3.90. The van der Waals surface area contributed by atoms with Crippen molar-refractivity contribution in [3.05, 3.63) is 79.0 Å². The van der Waals surface area contributed by atoms with Crippen molar-refractivity contribution in [3.63, 3.8) is 0 Å². The van der Waals surface area contributed by atoms with E-state index in [4.69, 9.17) is 24.4 Å². The van der Waals surface area contributed by atoms with Crippen LogP contribution < -0.4 is 29.8 Å². The van der Waals surface area contributed by atoms with E-state index in [1.807, 2.05) is 0 Å². The number of nitrogens with one attached hydrogen (secondary N) is 3. The smallest absolute Gasteiger partial charge is 0.282 e. The fourth-order valence-electron chi connectivity index (χ4n) is 5.01. The molecule has 0 bridgehead atoms. The van der Waals surface area contributed by atoms with Crippen LogP contribution in [0.1, 0.15) is 11.4 Å². The second kappa shape index (κ2) is 15.1. The van der Waals surface area contributed by atoms with Gasteiger partial charge in [-0.15, -0.1) is 35.1 Å². The van der Waals surface area contributed by atoms with Crippen molar-refractivity contribution in [2.75, 3.05) is 28.4 Å². The number of hydrogen-bond donors (Lipinski definition) is 3. The van der Waals surface area contributed by atoms with Crippen LogP contribution in [0.2, 0.25) is 0 Å². The molecule has 0 aliphatic carbocycles. The maximum atomic E-state index is 12.0. The SMILES string of the molecule is COc1cc(-c2nc3sccn3c2/C=N/NC(=N)N/N=C/c2c(-c3cc(OC)c(OC)cc3[N+](=O)[O-])nc3sccn23)c([N+](=O)[O-])cc1OC.Cl. The number of hydrogen-bond acceptors (Lipinski definition) is 15. The lowest BCUT2D eigenvalue weighted by Crippen LogP contribution is -2.29. The Morgan fingerprint density at radius 2 is 1.12 bits per heavy atom. The standard InChI is InChI=1S/C29H25N11O8S2.ClH/c1-45-21-9-15(17(39(41)42)11-23(21)47-3)25-19(37-5-7-49-28(37)33-25)13-31-35-27(30)36-32-14-20-26(34-29-38(20)6-8-50-29)16-10-22(46-2)24(48-4)12-18(16)40(43)44;/h5-14H,1-4H3,(H3,30,35,36);1H/b31-13+,32-14+;. The molecule has 6 aromatic rings. The monoisotopic (exact) mass is 755 g/mol. The van der Waals surface area contributed by atoms with Crippen LogP contribution in [0, 0.1) is 25.6 Å². The number of guanidine groups is 1. The Bertz CT molecular complexity index is 2190. The van der Waals surface area contributed by atoms with E-state index in [0.717, 1.165) is 0 Å². The Balaban J connectivity index is 0.00000504. The number of nitro groups is 2. The highest BCUT2D eigenvalue weighted by atomic mass is 35.5. The van der Waals surface area contributed by atoms with E-state index in [9.17, 15) is 20.2 Å². The van der Waals surface area contributed by atoms with Crippen LogP contribution in [-0.4, -0.2) is 75.4 Å². The van der Waals surface area contributed by atoms with Gasteiger partial charge in [0.2, 0.25) is 5.96 Å². The van der Waals surface area contributed by atoms with E-state index in [-0.39, 0.29) is 75.3 Å². The summed E-state index contributed by atoms with van der Waals surface area (Å²) in [5, 5.41) is 44.2. The summed E-state index contributed by atoms with van der Waals surface area (Å²) >= 11 is 2.64. The first kappa shape index (κ1) is 36.0. The summed E-state index contributed by atoms with van der Waals surface area (Å²) in [5.74, 6) is 0.579. The molecule has 22 heteroatoms. The molecule has 0 atom stereocenters. The van der Waals surface area contributed by atoms with E-state index in [1.165, 1.54) is 87.8 Å². The molecule has 6 rings (SSSR count). The number of thiazole rings is 2. The maximum Gasteiger partial charge on any atom is 0.282 e. The molecule has 0 aliphatic heterocycles. The second-order valence-corrected chi connectivity index (χ2v) is 11.6. The number of methoxy groups -OCH3 is 4. The Morgan fingerprint density at radius 3 is 1.47 bits per heavy atom. The summed E-state index contributed by atoms with van der Waals surface area (Å²) in [4.78, 5) is 33.2. The van der Waals surface area contributed by atoms with Gasteiger partial charge in [-0.05, 0) is 0 Å². The van der Waals surface area contributed by atoms with Gasteiger partial charge in [0.25, 0.3) is 11.4 Å². The molecule has 19 nitrogen and oxygen atoms in total. The summed E-state index contributed by atoms with van der Waals surface area (Å²) in [7, 11) is 5.60. The first-order valence-corrected chi connectivity index (χ1v) is 15.8. The zero-order valence-corrected chi connectivity index (χ0v) is 29.3. The lowest BCUT2D eigenvalue weighted by Gasteiger charge is -2.10. The van der Waals surface area contributed by atoms with Crippen LogP contribution >= 0.6 is 35.1 Å². The lowest BCUT2D eigenvalue weighted by atomic mass is 10.1. The van der Waals surface area contributed by atoms with Crippen LogP contribution in [0.5, 0.6) is 23.0 Å². The highest BCUT2D eigenvalue weighted by molar-refractivity contribution is 7.15. The molecule has 3 N–H and O–H groups in total. The molecule has 4 aromatic heterocycles. The molecule has 0 spiro atoms. The second-order valence-electron chi connectivity index (χ2n) is 9.88. The van der Waals surface area contributed by atoms with Crippen LogP contribution in [0.25, 0.3) is 32.4 Å². The van der Waals surface area contributed by atoms with Gasteiger partial charge < -0.3 is 18.9 Å². The number of ether oxygens (including phenoxy) is 4. The number of hydrazone groups is 2.